The minimum atomic E-state index is 0.499. The number of anilines is 3. The smallest absolute Gasteiger partial charge is 0.139 e. The fourth-order valence-electron chi connectivity index (χ4n) is 1.90. The summed E-state index contributed by atoms with van der Waals surface area (Å²) in [7, 11) is 0. The minimum Gasteiger partial charge on any atom is -0.383 e. The second-order valence-electron chi connectivity index (χ2n) is 4.85. The molecule has 0 amide bonds. The Kier molecular flexibility index (Phi) is 3.30. The van der Waals surface area contributed by atoms with E-state index in [2.05, 4.69) is 50.0 Å². The van der Waals surface area contributed by atoms with Crippen LogP contribution in [0.3, 0.4) is 0 Å². The Hall–Kier alpha value is -1.37. The first-order valence-electron chi connectivity index (χ1n) is 6.30. The molecule has 1 saturated carbocycles. The van der Waals surface area contributed by atoms with Crippen LogP contribution in [0.4, 0.5) is 17.3 Å². The minimum absolute atomic E-state index is 0.499. The zero-order valence-electron chi connectivity index (χ0n) is 10.7. The quantitative estimate of drug-likeness (QED) is 0.815. The Labute approximate surface area is 126 Å². The van der Waals surface area contributed by atoms with Gasteiger partial charge in [-0.25, -0.2) is 9.97 Å². The lowest BCUT2D eigenvalue weighted by atomic mass is 10.2. The van der Waals surface area contributed by atoms with Crippen LogP contribution in [0.1, 0.15) is 30.1 Å². The van der Waals surface area contributed by atoms with Gasteiger partial charge in [0.25, 0.3) is 0 Å². The maximum absolute atomic E-state index is 5.98. The highest BCUT2D eigenvalue weighted by molar-refractivity contribution is 14.1. The van der Waals surface area contributed by atoms with Crippen LogP contribution < -0.4 is 11.1 Å². The third-order valence-electron chi connectivity index (χ3n) is 3.23. The van der Waals surface area contributed by atoms with Crippen LogP contribution in [0.5, 0.6) is 0 Å². The van der Waals surface area contributed by atoms with Crippen molar-refractivity contribution in [2.45, 2.75) is 25.7 Å². The van der Waals surface area contributed by atoms with Gasteiger partial charge in [-0.3, -0.25) is 0 Å². The first-order chi connectivity index (χ1) is 9.13. The van der Waals surface area contributed by atoms with Gasteiger partial charge in [-0.2, -0.15) is 0 Å². The van der Waals surface area contributed by atoms with Crippen molar-refractivity contribution >= 4 is 39.9 Å². The first kappa shape index (κ1) is 12.7. The van der Waals surface area contributed by atoms with Crippen molar-refractivity contribution in [3.05, 3.63) is 39.2 Å². The number of halogens is 1. The number of nitrogen functional groups attached to an aromatic ring is 1. The molecule has 1 aliphatic rings. The van der Waals surface area contributed by atoms with E-state index in [9.17, 15) is 0 Å². The summed E-state index contributed by atoms with van der Waals surface area (Å²) < 4.78 is 1.18. The van der Waals surface area contributed by atoms with Crippen molar-refractivity contribution in [2.24, 2.45) is 0 Å². The third-order valence-corrected chi connectivity index (χ3v) is 3.90. The summed E-state index contributed by atoms with van der Waals surface area (Å²) in [6.07, 6.45) is 2.34. The Morgan fingerprint density at radius 2 is 2.11 bits per heavy atom. The highest BCUT2D eigenvalue weighted by Gasteiger charge is 2.27. The van der Waals surface area contributed by atoms with Crippen LogP contribution in [0, 0.1) is 10.5 Å². The van der Waals surface area contributed by atoms with Crippen molar-refractivity contribution in [1.29, 1.82) is 0 Å². The van der Waals surface area contributed by atoms with Crippen LogP contribution in [0.25, 0.3) is 0 Å². The lowest BCUT2D eigenvalue weighted by molar-refractivity contribution is 0.928. The van der Waals surface area contributed by atoms with Gasteiger partial charge in [0.1, 0.15) is 17.5 Å². The van der Waals surface area contributed by atoms with E-state index in [4.69, 9.17) is 5.73 Å². The molecular formula is C14H15IN4. The summed E-state index contributed by atoms with van der Waals surface area (Å²) in [6, 6.07) is 8.18. The number of nitrogens with two attached hydrogens (primary N) is 1. The zero-order chi connectivity index (χ0) is 13.4. The van der Waals surface area contributed by atoms with Crippen LogP contribution in [0.15, 0.2) is 24.3 Å². The van der Waals surface area contributed by atoms with Crippen LogP contribution in [-0.4, -0.2) is 9.97 Å². The van der Waals surface area contributed by atoms with Crippen LogP contribution in [0.2, 0.25) is 0 Å². The SMILES string of the molecule is Cc1c(N)nc(C2CC2)nc1Nc1cccc(I)c1. The van der Waals surface area contributed by atoms with E-state index < -0.39 is 0 Å². The van der Waals surface area contributed by atoms with Gasteiger partial charge in [0.05, 0.1) is 0 Å². The van der Waals surface area contributed by atoms with E-state index in [1.54, 1.807) is 0 Å². The molecule has 0 aliphatic heterocycles. The maximum Gasteiger partial charge on any atom is 0.139 e. The Morgan fingerprint density at radius 3 is 2.79 bits per heavy atom. The highest BCUT2D eigenvalue weighted by atomic mass is 127. The molecule has 2 aromatic rings. The summed E-state index contributed by atoms with van der Waals surface area (Å²) in [5.74, 6) is 2.76. The van der Waals surface area contributed by atoms with Gasteiger partial charge in [-0.15, -0.1) is 0 Å². The second-order valence-corrected chi connectivity index (χ2v) is 6.10. The lowest BCUT2D eigenvalue weighted by Gasteiger charge is -2.12. The number of hydrogen-bond acceptors (Lipinski definition) is 4. The van der Waals surface area contributed by atoms with Gasteiger partial charge in [-0.05, 0) is 60.6 Å². The van der Waals surface area contributed by atoms with Gasteiger partial charge < -0.3 is 11.1 Å². The fraction of sp³-hybridized carbons (Fsp3) is 0.286. The van der Waals surface area contributed by atoms with E-state index in [1.807, 2.05) is 19.1 Å². The second kappa shape index (κ2) is 4.96. The van der Waals surface area contributed by atoms with Crippen LogP contribution in [-0.2, 0) is 0 Å². The topological polar surface area (TPSA) is 63.8 Å². The largest absolute Gasteiger partial charge is 0.383 e. The Morgan fingerprint density at radius 1 is 1.32 bits per heavy atom. The molecule has 1 aromatic carbocycles. The van der Waals surface area contributed by atoms with E-state index >= 15 is 0 Å². The summed E-state index contributed by atoms with van der Waals surface area (Å²) in [5.41, 5.74) is 7.91. The van der Waals surface area contributed by atoms with Gasteiger partial charge >= 0.3 is 0 Å². The standard InChI is InChI=1S/C14H15IN4/c1-8-12(16)18-14(9-5-6-9)19-13(8)17-11-4-2-3-10(15)7-11/h2-4,7,9H,5-6H2,1H3,(H3,16,17,18,19). The number of nitrogens with zero attached hydrogens (tertiary/aromatic N) is 2. The lowest BCUT2D eigenvalue weighted by Crippen LogP contribution is -2.06. The summed E-state index contributed by atoms with van der Waals surface area (Å²) in [6.45, 7) is 1.95. The van der Waals surface area contributed by atoms with E-state index in [1.165, 1.54) is 16.4 Å². The maximum atomic E-state index is 5.98. The molecule has 0 radical (unpaired) electrons. The average molecular weight is 366 g/mol. The van der Waals surface area contributed by atoms with Gasteiger partial charge in [-0.1, -0.05) is 6.07 Å². The number of aromatic nitrogens is 2. The van der Waals surface area contributed by atoms with Gasteiger partial charge in [0, 0.05) is 20.7 Å². The summed E-state index contributed by atoms with van der Waals surface area (Å²) in [4.78, 5) is 9.00. The molecule has 4 nitrogen and oxygen atoms in total. The number of nitrogens with one attached hydrogen (secondary N) is 1. The summed E-state index contributed by atoms with van der Waals surface area (Å²) in [5, 5.41) is 3.34. The Bertz CT molecular complexity index is 623. The Balaban J connectivity index is 1.95. The highest BCUT2D eigenvalue weighted by Crippen LogP contribution is 2.39. The number of hydrogen-bond donors (Lipinski definition) is 2. The van der Waals surface area contributed by atoms with Crippen molar-refractivity contribution in [3.63, 3.8) is 0 Å². The molecule has 1 aliphatic carbocycles. The van der Waals surface area contributed by atoms with E-state index in [0.717, 1.165) is 22.9 Å². The zero-order valence-corrected chi connectivity index (χ0v) is 12.8. The predicted molar refractivity (Wildman–Crippen MR) is 85.6 cm³/mol. The molecule has 19 heavy (non-hydrogen) atoms. The average Bonchev–Trinajstić information content (AvgIpc) is 3.19. The summed E-state index contributed by atoms with van der Waals surface area (Å²) >= 11 is 2.29. The van der Waals surface area contributed by atoms with Crippen molar-refractivity contribution < 1.29 is 0 Å². The molecule has 5 heteroatoms. The van der Waals surface area contributed by atoms with Crippen molar-refractivity contribution in [1.82, 2.24) is 9.97 Å². The molecule has 1 fully saturated rings. The fourth-order valence-corrected chi connectivity index (χ4v) is 2.44. The normalized spacial score (nSPS) is 14.4. The molecule has 98 valence electrons. The van der Waals surface area contributed by atoms with E-state index in [-0.39, 0.29) is 0 Å². The molecule has 1 aromatic heterocycles. The molecule has 0 atom stereocenters. The van der Waals surface area contributed by atoms with Gasteiger partial charge in [0.15, 0.2) is 0 Å². The number of benzene rings is 1. The first-order valence-corrected chi connectivity index (χ1v) is 7.38. The van der Waals surface area contributed by atoms with Crippen molar-refractivity contribution in [3.8, 4) is 0 Å². The van der Waals surface area contributed by atoms with E-state index in [0.29, 0.717) is 11.7 Å². The molecule has 0 unspecified atom stereocenters. The van der Waals surface area contributed by atoms with Crippen molar-refractivity contribution in [2.75, 3.05) is 11.1 Å². The third kappa shape index (κ3) is 2.80. The molecule has 1 heterocycles. The molecule has 0 spiro atoms. The monoisotopic (exact) mass is 366 g/mol. The number of rotatable bonds is 3. The molecule has 3 rings (SSSR count). The van der Waals surface area contributed by atoms with Crippen LogP contribution >= 0.6 is 22.6 Å². The molecule has 0 saturated heterocycles. The predicted octanol–water partition coefficient (Wildman–Crippen LogP) is 3.59. The molecule has 3 N–H and O–H groups in total. The molecule has 0 bridgehead atoms. The molecular weight excluding hydrogens is 351 g/mol. The van der Waals surface area contributed by atoms with Gasteiger partial charge in [0.2, 0.25) is 0 Å².